The van der Waals surface area contributed by atoms with Gasteiger partial charge in [-0.25, -0.2) is 0 Å². The van der Waals surface area contributed by atoms with Gasteiger partial charge in [-0.3, -0.25) is 0 Å². The van der Waals surface area contributed by atoms with E-state index in [0.717, 1.165) is 17.9 Å². The van der Waals surface area contributed by atoms with Crippen molar-refractivity contribution in [2.75, 3.05) is 6.54 Å². The maximum atomic E-state index is 6.04. The molecule has 5 heteroatoms. The first kappa shape index (κ1) is 14.3. The van der Waals surface area contributed by atoms with Gasteiger partial charge < -0.3 is 14.5 Å². The van der Waals surface area contributed by atoms with Gasteiger partial charge in [0.25, 0.3) is 0 Å². The maximum Gasteiger partial charge on any atom is 0.139 e. The standard InChI is InChI=1S/C14H15Cl2NO2/c1-2-17-8-14-10(5-6-18-14)9-19-13-7-11(15)3-4-12(13)16/h3-7,17H,2,8-9H2,1H3. The molecule has 0 atom stereocenters. The topological polar surface area (TPSA) is 34.4 Å². The summed E-state index contributed by atoms with van der Waals surface area (Å²) in [6.07, 6.45) is 1.66. The van der Waals surface area contributed by atoms with E-state index >= 15 is 0 Å². The molecule has 0 aliphatic rings. The molecule has 19 heavy (non-hydrogen) atoms. The molecule has 0 radical (unpaired) electrons. The van der Waals surface area contributed by atoms with Crippen molar-refractivity contribution in [1.82, 2.24) is 5.32 Å². The van der Waals surface area contributed by atoms with E-state index in [2.05, 4.69) is 5.32 Å². The highest BCUT2D eigenvalue weighted by Gasteiger charge is 2.08. The molecule has 1 aromatic carbocycles. The van der Waals surface area contributed by atoms with E-state index in [-0.39, 0.29) is 0 Å². The monoisotopic (exact) mass is 299 g/mol. The number of hydrogen-bond acceptors (Lipinski definition) is 3. The van der Waals surface area contributed by atoms with Gasteiger partial charge in [0.15, 0.2) is 0 Å². The zero-order valence-electron chi connectivity index (χ0n) is 10.6. The minimum absolute atomic E-state index is 0.400. The number of ether oxygens (including phenoxy) is 1. The third kappa shape index (κ3) is 3.90. The third-order valence-corrected chi connectivity index (χ3v) is 3.20. The van der Waals surface area contributed by atoms with Crippen LogP contribution in [0, 0.1) is 0 Å². The molecule has 0 aliphatic heterocycles. The lowest BCUT2D eigenvalue weighted by atomic mass is 10.2. The highest BCUT2D eigenvalue weighted by Crippen LogP contribution is 2.28. The van der Waals surface area contributed by atoms with Crippen LogP contribution in [0.2, 0.25) is 10.0 Å². The third-order valence-electron chi connectivity index (χ3n) is 2.65. The van der Waals surface area contributed by atoms with Gasteiger partial charge in [0, 0.05) is 16.7 Å². The summed E-state index contributed by atoms with van der Waals surface area (Å²) in [5.74, 6) is 1.45. The molecule has 0 saturated heterocycles. The van der Waals surface area contributed by atoms with Crippen LogP contribution in [0.5, 0.6) is 5.75 Å². The van der Waals surface area contributed by atoms with Crippen molar-refractivity contribution in [1.29, 1.82) is 0 Å². The van der Waals surface area contributed by atoms with Crippen LogP contribution >= 0.6 is 23.2 Å². The summed E-state index contributed by atoms with van der Waals surface area (Å²) in [4.78, 5) is 0. The lowest BCUT2D eigenvalue weighted by molar-refractivity contribution is 0.301. The zero-order chi connectivity index (χ0) is 13.7. The maximum absolute atomic E-state index is 6.04. The van der Waals surface area contributed by atoms with Crippen molar-refractivity contribution >= 4 is 23.2 Å². The van der Waals surface area contributed by atoms with E-state index in [1.165, 1.54) is 0 Å². The Morgan fingerprint density at radius 1 is 1.26 bits per heavy atom. The van der Waals surface area contributed by atoms with Gasteiger partial charge >= 0.3 is 0 Å². The Morgan fingerprint density at radius 2 is 2.11 bits per heavy atom. The number of nitrogens with one attached hydrogen (secondary N) is 1. The quantitative estimate of drug-likeness (QED) is 0.865. The van der Waals surface area contributed by atoms with Crippen LogP contribution in [0.15, 0.2) is 34.9 Å². The molecular weight excluding hydrogens is 285 g/mol. The summed E-state index contributed by atoms with van der Waals surface area (Å²) in [5.41, 5.74) is 0.997. The van der Waals surface area contributed by atoms with Crippen molar-refractivity contribution in [3.8, 4) is 5.75 Å². The van der Waals surface area contributed by atoms with Gasteiger partial charge in [-0.2, -0.15) is 0 Å². The van der Waals surface area contributed by atoms with Crippen LogP contribution < -0.4 is 10.1 Å². The first-order chi connectivity index (χ1) is 9.20. The fourth-order valence-corrected chi connectivity index (χ4v) is 1.97. The molecule has 0 amide bonds. The predicted molar refractivity (Wildman–Crippen MR) is 76.9 cm³/mol. The summed E-state index contributed by atoms with van der Waals surface area (Å²) in [7, 11) is 0. The highest BCUT2D eigenvalue weighted by atomic mass is 35.5. The van der Waals surface area contributed by atoms with E-state index in [1.807, 2.05) is 13.0 Å². The Balaban J connectivity index is 2.02. The number of benzene rings is 1. The van der Waals surface area contributed by atoms with Crippen LogP contribution in [-0.4, -0.2) is 6.54 Å². The molecule has 0 aliphatic carbocycles. The second-order valence-corrected chi connectivity index (χ2v) is 4.86. The van der Waals surface area contributed by atoms with Crippen molar-refractivity contribution in [2.45, 2.75) is 20.1 Å². The summed E-state index contributed by atoms with van der Waals surface area (Å²) in [6, 6.07) is 7.04. The van der Waals surface area contributed by atoms with Gasteiger partial charge in [0.05, 0.1) is 17.8 Å². The highest BCUT2D eigenvalue weighted by molar-refractivity contribution is 6.34. The SMILES string of the molecule is CCNCc1occc1COc1cc(Cl)ccc1Cl. The van der Waals surface area contributed by atoms with Gasteiger partial charge in [-0.05, 0) is 24.7 Å². The van der Waals surface area contributed by atoms with Crippen LogP contribution in [-0.2, 0) is 13.2 Å². The van der Waals surface area contributed by atoms with Crippen molar-refractivity contribution in [3.63, 3.8) is 0 Å². The largest absolute Gasteiger partial charge is 0.487 e. The second kappa shape index (κ2) is 6.85. The zero-order valence-corrected chi connectivity index (χ0v) is 12.1. The van der Waals surface area contributed by atoms with Crippen LogP contribution in [0.25, 0.3) is 0 Å². The fraction of sp³-hybridized carbons (Fsp3) is 0.286. The fourth-order valence-electron chi connectivity index (χ4n) is 1.63. The molecule has 0 spiro atoms. The first-order valence-corrected chi connectivity index (χ1v) is 6.80. The van der Waals surface area contributed by atoms with Gasteiger partial charge in [-0.15, -0.1) is 0 Å². The molecule has 3 nitrogen and oxygen atoms in total. The molecule has 2 aromatic rings. The molecule has 0 unspecified atom stereocenters. The summed E-state index contributed by atoms with van der Waals surface area (Å²) >= 11 is 12.0. The minimum atomic E-state index is 0.400. The Morgan fingerprint density at radius 3 is 2.89 bits per heavy atom. The van der Waals surface area contributed by atoms with E-state index < -0.39 is 0 Å². The average Bonchev–Trinajstić information content (AvgIpc) is 2.85. The molecule has 0 fully saturated rings. The number of hydrogen-bond donors (Lipinski definition) is 1. The molecule has 1 aromatic heterocycles. The number of halogens is 2. The Hall–Kier alpha value is -1.16. The van der Waals surface area contributed by atoms with Gasteiger partial charge in [-0.1, -0.05) is 30.1 Å². The van der Waals surface area contributed by atoms with Crippen LogP contribution in [0.4, 0.5) is 0 Å². The summed E-state index contributed by atoms with van der Waals surface area (Å²) < 4.78 is 11.1. The molecular formula is C14H15Cl2NO2. The smallest absolute Gasteiger partial charge is 0.139 e. The Kier molecular flexibility index (Phi) is 5.14. The lowest BCUT2D eigenvalue weighted by Gasteiger charge is -2.08. The van der Waals surface area contributed by atoms with Crippen molar-refractivity contribution in [3.05, 3.63) is 51.9 Å². The summed E-state index contributed by atoms with van der Waals surface area (Å²) in [5, 5.41) is 4.35. The van der Waals surface area contributed by atoms with Crippen LogP contribution in [0.1, 0.15) is 18.2 Å². The lowest BCUT2D eigenvalue weighted by Crippen LogP contribution is -2.12. The van der Waals surface area contributed by atoms with Gasteiger partial charge in [0.1, 0.15) is 18.1 Å². The molecule has 0 saturated carbocycles. The molecule has 1 N–H and O–H groups in total. The molecule has 0 bridgehead atoms. The number of furan rings is 1. The van der Waals surface area contributed by atoms with E-state index in [0.29, 0.717) is 28.9 Å². The second-order valence-electron chi connectivity index (χ2n) is 4.01. The number of rotatable bonds is 6. The molecule has 2 rings (SSSR count). The van der Waals surface area contributed by atoms with Crippen molar-refractivity contribution < 1.29 is 9.15 Å². The summed E-state index contributed by atoms with van der Waals surface area (Å²) in [6.45, 7) is 4.02. The minimum Gasteiger partial charge on any atom is -0.487 e. The molecule has 1 heterocycles. The van der Waals surface area contributed by atoms with E-state index in [9.17, 15) is 0 Å². The molecule has 102 valence electrons. The average molecular weight is 300 g/mol. The van der Waals surface area contributed by atoms with E-state index in [4.69, 9.17) is 32.4 Å². The van der Waals surface area contributed by atoms with Crippen LogP contribution in [0.3, 0.4) is 0 Å². The van der Waals surface area contributed by atoms with E-state index in [1.54, 1.807) is 24.5 Å². The normalized spacial score (nSPS) is 10.7. The van der Waals surface area contributed by atoms with Gasteiger partial charge in [0.2, 0.25) is 0 Å². The first-order valence-electron chi connectivity index (χ1n) is 6.04. The Bertz CT molecular complexity index is 540. The van der Waals surface area contributed by atoms with Crippen molar-refractivity contribution in [2.24, 2.45) is 0 Å². The Labute approximate surface area is 122 Å². The predicted octanol–water partition coefficient (Wildman–Crippen LogP) is 4.27.